The van der Waals surface area contributed by atoms with Gasteiger partial charge in [-0.25, -0.2) is 4.39 Å². The van der Waals surface area contributed by atoms with E-state index in [1.807, 2.05) is 12.1 Å². The third-order valence-electron chi connectivity index (χ3n) is 3.81. The monoisotopic (exact) mass is 485 g/mol. The number of halogens is 3. The average molecular weight is 487 g/mol. The maximum absolute atomic E-state index is 13.7. The molecule has 140 valence electrons. The lowest BCUT2D eigenvalue weighted by Gasteiger charge is -2.20. The quantitative estimate of drug-likeness (QED) is 0.476. The number of anilines is 1. The van der Waals surface area contributed by atoms with E-state index in [1.165, 1.54) is 17.7 Å². The maximum atomic E-state index is 13.7. The molecule has 0 heterocycles. The zero-order valence-corrected chi connectivity index (χ0v) is 18.2. The summed E-state index contributed by atoms with van der Waals surface area (Å²) in [6, 6.07) is 10.6. The van der Waals surface area contributed by atoms with Crippen molar-refractivity contribution in [3.05, 3.63) is 56.7 Å². The minimum atomic E-state index is -0.466. The third-order valence-corrected chi connectivity index (χ3v) is 4.92. The lowest BCUT2D eigenvalue weighted by molar-refractivity contribution is -0.116. The first-order valence-corrected chi connectivity index (χ1v) is 9.93. The van der Waals surface area contributed by atoms with E-state index >= 15 is 0 Å². The summed E-state index contributed by atoms with van der Waals surface area (Å²) in [4.78, 5) is 11.9. The van der Waals surface area contributed by atoms with Gasteiger partial charge in [-0.05, 0) is 63.7 Å². The number of benzene rings is 2. The van der Waals surface area contributed by atoms with Crippen LogP contribution in [0.3, 0.4) is 0 Å². The molecule has 2 aromatic rings. The van der Waals surface area contributed by atoms with Crippen molar-refractivity contribution in [1.29, 1.82) is 0 Å². The Morgan fingerprint density at radius 2 is 1.88 bits per heavy atom. The smallest absolute Gasteiger partial charge is 0.224 e. The first-order valence-electron chi connectivity index (χ1n) is 8.34. The first kappa shape index (κ1) is 20.9. The van der Waals surface area contributed by atoms with E-state index in [0.717, 1.165) is 10.2 Å². The molecule has 0 aliphatic rings. The van der Waals surface area contributed by atoms with E-state index in [1.54, 1.807) is 6.07 Å². The summed E-state index contributed by atoms with van der Waals surface area (Å²) in [6.07, 6.45) is 0.796. The predicted molar refractivity (Wildman–Crippen MR) is 110 cm³/mol. The largest absolute Gasteiger partial charge is 0.492 e. The summed E-state index contributed by atoms with van der Waals surface area (Å²) in [5, 5.41) is 2.57. The van der Waals surface area contributed by atoms with Crippen molar-refractivity contribution in [2.24, 2.45) is 0 Å². The number of amides is 1. The summed E-state index contributed by atoms with van der Waals surface area (Å²) in [5.74, 6) is 0.0428. The predicted octanol–water partition coefficient (Wildman–Crippen LogP) is 6.45. The zero-order valence-electron chi connectivity index (χ0n) is 15.0. The van der Waals surface area contributed by atoms with Gasteiger partial charge in [-0.3, -0.25) is 4.79 Å². The average Bonchev–Trinajstić information content (AvgIpc) is 2.54. The van der Waals surface area contributed by atoms with E-state index in [4.69, 9.17) is 4.74 Å². The highest BCUT2D eigenvalue weighted by Crippen LogP contribution is 2.31. The molecule has 0 bridgehead atoms. The Labute approximate surface area is 170 Å². The number of rotatable bonds is 6. The van der Waals surface area contributed by atoms with Gasteiger partial charge in [0.2, 0.25) is 5.91 Å². The van der Waals surface area contributed by atoms with Gasteiger partial charge in [-0.15, -0.1) is 0 Å². The lowest BCUT2D eigenvalue weighted by atomic mass is 9.87. The summed E-state index contributed by atoms with van der Waals surface area (Å²) >= 11 is 6.71. The van der Waals surface area contributed by atoms with Gasteiger partial charge in [0.05, 0.1) is 16.8 Å². The molecular formula is C20H22Br2FNO2. The molecule has 1 amide bonds. The summed E-state index contributed by atoms with van der Waals surface area (Å²) in [5.41, 5.74) is 1.47. The number of nitrogens with one attached hydrogen (secondary N) is 1. The van der Waals surface area contributed by atoms with Crippen LogP contribution in [0.25, 0.3) is 0 Å². The summed E-state index contributed by atoms with van der Waals surface area (Å²) in [7, 11) is 0. The van der Waals surface area contributed by atoms with Crippen molar-refractivity contribution in [2.75, 3.05) is 11.9 Å². The van der Waals surface area contributed by atoms with Gasteiger partial charge < -0.3 is 10.1 Å². The zero-order chi connectivity index (χ0) is 19.3. The second-order valence-corrected chi connectivity index (χ2v) is 8.79. The van der Waals surface area contributed by atoms with Crippen molar-refractivity contribution in [1.82, 2.24) is 0 Å². The highest BCUT2D eigenvalue weighted by atomic mass is 79.9. The Morgan fingerprint density at radius 3 is 2.50 bits per heavy atom. The molecule has 0 radical (unpaired) electrons. The van der Waals surface area contributed by atoms with Gasteiger partial charge in [0.25, 0.3) is 0 Å². The Morgan fingerprint density at radius 1 is 1.15 bits per heavy atom. The number of hydrogen-bond donors (Lipinski definition) is 1. The van der Waals surface area contributed by atoms with Crippen LogP contribution in [-0.4, -0.2) is 12.5 Å². The standard InChI is InChI=1S/C20H22Br2FNO2/c1-20(2,3)13-6-9-18(15(22)11-13)26-10-4-5-19(25)24-17-8-7-14(21)12-16(17)23/h6-9,11-12H,4-5,10H2,1-3H3,(H,24,25). The van der Waals surface area contributed by atoms with Crippen LogP contribution in [0.5, 0.6) is 5.75 Å². The molecule has 0 unspecified atom stereocenters. The van der Waals surface area contributed by atoms with Gasteiger partial charge in [0.1, 0.15) is 11.6 Å². The van der Waals surface area contributed by atoms with Crippen LogP contribution in [0.15, 0.2) is 45.3 Å². The van der Waals surface area contributed by atoms with E-state index in [-0.39, 0.29) is 23.4 Å². The molecule has 26 heavy (non-hydrogen) atoms. The van der Waals surface area contributed by atoms with Gasteiger partial charge in [-0.2, -0.15) is 0 Å². The van der Waals surface area contributed by atoms with Crippen LogP contribution < -0.4 is 10.1 Å². The van der Waals surface area contributed by atoms with Crippen molar-refractivity contribution < 1.29 is 13.9 Å². The molecule has 2 aromatic carbocycles. The molecule has 0 spiro atoms. The molecular weight excluding hydrogens is 465 g/mol. The summed E-state index contributed by atoms with van der Waals surface area (Å²) < 4.78 is 21.0. The third kappa shape index (κ3) is 6.09. The Kier molecular flexibility index (Phi) is 7.24. The topological polar surface area (TPSA) is 38.3 Å². The Hall–Kier alpha value is -1.40. The highest BCUT2D eigenvalue weighted by Gasteiger charge is 2.15. The number of carbonyl (C=O) groups is 1. The second-order valence-electron chi connectivity index (χ2n) is 7.02. The molecule has 0 saturated carbocycles. The second kappa shape index (κ2) is 9.00. The van der Waals surface area contributed by atoms with Crippen molar-refractivity contribution in [2.45, 2.75) is 39.0 Å². The number of carbonyl (C=O) groups excluding carboxylic acids is 1. The molecule has 6 heteroatoms. The van der Waals surface area contributed by atoms with Crippen molar-refractivity contribution in [3.8, 4) is 5.75 Å². The van der Waals surface area contributed by atoms with Crippen LogP contribution in [0.4, 0.5) is 10.1 Å². The Balaban J connectivity index is 1.80. The van der Waals surface area contributed by atoms with Crippen molar-refractivity contribution >= 4 is 43.5 Å². The molecule has 0 aliphatic heterocycles. The minimum absolute atomic E-state index is 0.0709. The van der Waals surface area contributed by atoms with Crippen LogP contribution >= 0.6 is 31.9 Å². The molecule has 0 aliphatic carbocycles. The highest BCUT2D eigenvalue weighted by molar-refractivity contribution is 9.10. The van der Waals surface area contributed by atoms with Crippen molar-refractivity contribution in [3.63, 3.8) is 0 Å². The summed E-state index contributed by atoms with van der Waals surface area (Å²) in [6.45, 7) is 6.87. The molecule has 2 rings (SSSR count). The van der Waals surface area contributed by atoms with Crippen LogP contribution in [0, 0.1) is 5.82 Å². The molecule has 0 aromatic heterocycles. The van der Waals surface area contributed by atoms with Gasteiger partial charge in [0, 0.05) is 10.9 Å². The number of hydrogen-bond acceptors (Lipinski definition) is 2. The van der Waals surface area contributed by atoms with Crippen LogP contribution in [-0.2, 0) is 10.2 Å². The lowest BCUT2D eigenvalue weighted by Crippen LogP contribution is -2.14. The van der Waals surface area contributed by atoms with Gasteiger partial charge in [0.15, 0.2) is 0 Å². The van der Waals surface area contributed by atoms with Crippen LogP contribution in [0.1, 0.15) is 39.2 Å². The fourth-order valence-corrected chi connectivity index (χ4v) is 3.13. The van der Waals surface area contributed by atoms with Crippen LogP contribution in [0.2, 0.25) is 0 Å². The SMILES string of the molecule is CC(C)(C)c1ccc(OCCCC(=O)Nc2ccc(Br)cc2F)c(Br)c1. The van der Waals surface area contributed by atoms with E-state index < -0.39 is 5.82 Å². The van der Waals surface area contributed by atoms with E-state index in [9.17, 15) is 9.18 Å². The maximum Gasteiger partial charge on any atom is 0.224 e. The van der Waals surface area contributed by atoms with E-state index in [2.05, 4.69) is 64.0 Å². The molecule has 1 N–H and O–H groups in total. The van der Waals surface area contributed by atoms with Gasteiger partial charge >= 0.3 is 0 Å². The fraction of sp³-hybridized carbons (Fsp3) is 0.350. The van der Waals surface area contributed by atoms with E-state index in [0.29, 0.717) is 17.5 Å². The van der Waals surface area contributed by atoms with Gasteiger partial charge in [-0.1, -0.05) is 42.8 Å². The number of ether oxygens (including phenoxy) is 1. The fourth-order valence-electron chi connectivity index (χ4n) is 2.30. The molecule has 3 nitrogen and oxygen atoms in total. The molecule has 0 fully saturated rings. The Bertz CT molecular complexity index is 788. The minimum Gasteiger partial charge on any atom is -0.492 e. The molecule has 0 atom stereocenters. The normalized spacial score (nSPS) is 11.3. The first-order chi connectivity index (χ1) is 12.2. The molecule has 0 saturated heterocycles.